The number of allylic oxidation sites excluding steroid dienone is 9. The summed E-state index contributed by atoms with van der Waals surface area (Å²) >= 11 is 0. The number of carbonyl (C=O) groups is 1. The quantitative estimate of drug-likeness (QED) is 0.0272. The zero-order chi connectivity index (χ0) is 50.6. The molecule has 0 aliphatic carbocycles. The van der Waals surface area contributed by atoms with Crippen molar-refractivity contribution in [2.45, 2.75) is 276 Å². The van der Waals surface area contributed by atoms with Crippen molar-refractivity contribution in [2.24, 2.45) is 0 Å². The number of phosphoric acid groups is 1. The monoisotopic (exact) mass is 989 g/mol. The van der Waals surface area contributed by atoms with Gasteiger partial charge in [0.05, 0.1) is 39.9 Å². The molecule has 3 atom stereocenters. The minimum absolute atomic E-state index is 0.000934. The van der Waals surface area contributed by atoms with Crippen LogP contribution in [0.1, 0.15) is 264 Å². The van der Waals surface area contributed by atoms with Crippen molar-refractivity contribution >= 4 is 13.7 Å². The molecule has 0 aliphatic heterocycles. The highest BCUT2D eigenvalue weighted by molar-refractivity contribution is 7.45. The van der Waals surface area contributed by atoms with Gasteiger partial charge >= 0.3 is 0 Å². The minimum Gasteiger partial charge on any atom is -0.756 e. The van der Waals surface area contributed by atoms with Crippen molar-refractivity contribution in [2.75, 3.05) is 40.9 Å². The minimum atomic E-state index is -4.60. The fraction of sp³-hybridized carbons (Fsp3) is 0.817. The molecule has 0 fully saturated rings. The third kappa shape index (κ3) is 53.8. The maximum absolute atomic E-state index is 13.0. The fourth-order valence-corrected chi connectivity index (χ4v) is 9.16. The predicted octanol–water partition coefficient (Wildman–Crippen LogP) is 17.1. The van der Waals surface area contributed by atoms with E-state index in [1.54, 1.807) is 6.08 Å². The van der Waals surface area contributed by atoms with Gasteiger partial charge in [-0.05, 0) is 57.8 Å². The van der Waals surface area contributed by atoms with Crippen LogP contribution in [0.4, 0.5) is 0 Å². The van der Waals surface area contributed by atoms with Crippen molar-refractivity contribution in [3.05, 3.63) is 60.8 Å². The first-order chi connectivity index (χ1) is 33.5. The van der Waals surface area contributed by atoms with E-state index in [0.717, 1.165) is 64.2 Å². The summed E-state index contributed by atoms with van der Waals surface area (Å²) in [4.78, 5) is 25.5. The van der Waals surface area contributed by atoms with Crippen molar-refractivity contribution in [3.8, 4) is 0 Å². The van der Waals surface area contributed by atoms with Crippen molar-refractivity contribution in [1.82, 2.24) is 5.32 Å². The number of hydrogen-bond acceptors (Lipinski definition) is 6. The highest BCUT2D eigenvalue weighted by Crippen LogP contribution is 2.38. The lowest BCUT2D eigenvalue weighted by Crippen LogP contribution is -2.45. The van der Waals surface area contributed by atoms with Gasteiger partial charge < -0.3 is 28.8 Å². The number of hydrogen-bond donors (Lipinski definition) is 2. The number of unbranched alkanes of at least 4 members (excludes halogenated alkanes) is 32. The van der Waals surface area contributed by atoms with Gasteiger partial charge in [0, 0.05) is 6.42 Å². The molecule has 0 aliphatic rings. The first kappa shape index (κ1) is 67.2. The molecule has 0 spiro atoms. The molecule has 2 N–H and O–H groups in total. The van der Waals surface area contributed by atoms with Crippen molar-refractivity contribution in [3.63, 3.8) is 0 Å². The molecule has 0 radical (unpaired) electrons. The van der Waals surface area contributed by atoms with E-state index in [-0.39, 0.29) is 19.1 Å². The van der Waals surface area contributed by atoms with Crippen molar-refractivity contribution < 1.29 is 32.9 Å². The summed E-state index contributed by atoms with van der Waals surface area (Å²) in [6.45, 7) is 4.56. The molecular weight excluding hydrogens is 876 g/mol. The standard InChI is InChI=1S/C60H113N2O6P/c1-6-8-10-12-14-16-18-20-22-24-25-26-27-28-29-30-31-32-33-34-35-36-37-38-40-42-44-46-48-50-52-54-60(64)61-58(57-68-69(65,66)67-56-55-62(3,4)5)59(63)53-51-49-47-45-43-41-39-23-21-19-17-15-13-11-9-7-2/h8,10,14,16,20,22,25-26,51,53,58-59,63H,6-7,9,11-13,15,17-19,21,23-24,27-50,52,54-57H2,1-5H3,(H-,61,64,65,66)/b10-8-,16-14-,22-20-,26-25-,53-51+. The molecule has 0 aromatic heterocycles. The van der Waals surface area contributed by atoms with Gasteiger partial charge in [-0.15, -0.1) is 0 Å². The maximum atomic E-state index is 13.0. The van der Waals surface area contributed by atoms with Gasteiger partial charge in [0.2, 0.25) is 5.91 Å². The van der Waals surface area contributed by atoms with Crippen LogP contribution in [0.15, 0.2) is 60.8 Å². The Morgan fingerprint density at radius 3 is 1.29 bits per heavy atom. The highest BCUT2D eigenvalue weighted by Gasteiger charge is 2.23. The third-order valence-corrected chi connectivity index (χ3v) is 13.9. The number of aliphatic hydroxyl groups is 1. The molecule has 0 saturated carbocycles. The predicted molar refractivity (Wildman–Crippen MR) is 297 cm³/mol. The lowest BCUT2D eigenvalue weighted by atomic mass is 10.0. The van der Waals surface area contributed by atoms with Gasteiger partial charge in [0.25, 0.3) is 7.82 Å². The van der Waals surface area contributed by atoms with Gasteiger partial charge in [-0.2, -0.15) is 0 Å². The topological polar surface area (TPSA) is 108 Å². The molecular formula is C60H113N2O6P. The molecule has 3 unspecified atom stereocenters. The number of phosphoric ester groups is 1. The van der Waals surface area contributed by atoms with E-state index in [1.165, 1.54) is 180 Å². The summed E-state index contributed by atoms with van der Waals surface area (Å²) in [6.07, 6.45) is 68.7. The Bertz CT molecular complexity index is 1310. The molecule has 0 aromatic carbocycles. The molecule has 0 heterocycles. The molecule has 1 amide bonds. The van der Waals surface area contributed by atoms with Gasteiger partial charge in [-0.25, -0.2) is 0 Å². The molecule has 0 aromatic rings. The zero-order valence-electron chi connectivity index (χ0n) is 46.0. The van der Waals surface area contributed by atoms with E-state index in [1.807, 2.05) is 27.2 Å². The van der Waals surface area contributed by atoms with Crippen LogP contribution < -0.4 is 10.2 Å². The number of nitrogens with one attached hydrogen (secondary N) is 1. The van der Waals surface area contributed by atoms with Crippen LogP contribution in [0.5, 0.6) is 0 Å². The first-order valence-corrected chi connectivity index (χ1v) is 30.6. The Hall–Kier alpha value is -1.80. The summed E-state index contributed by atoms with van der Waals surface area (Å²) in [5, 5.41) is 13.9. The molecule has 9 heteroatoms. The van der Waals surface area contributed by atoms with E-state index in [0.29, 0.717) is 17.4 Å². The second kappa shape index (κ2) is 51.1. The van der Waals surface area contributed by atoms with E-state index < -0.39 is 20.0 Å². The van der Waals surface area contributed by atoms with Gasteiger partial charge in [0.15, 0.2) is 0 Å². The van der Waals surface area contributed by atoms with Crippen LogP contribution in [-0.2, 0) is 18.4 Å². The molecule has 404 valence electrons. The second-order valence-electron chi connectivity index (χ2n) is 21.0. The number of amides is 1. The number of nitrogens with zero attached hydrogens (tertiary/aromatic N) is 1. The van der Waals surface area contributed by atoms with Gasteiger partial charge in [0.1, 0.15) is 13.2 Å². The van der Waals surface area contributed by atoms with Crippen LogP contribution in [-0.4, -0.2) is 68.5 Å². The van der Waals surface area contributed by atoms with Crippen molar-refractivity contribution in [1.29, 1.82) is 0 Å². The Morgan fingerprint density at radius 2 is 0.884 bits per heavy atom. The molecule has 69 heavy (non-hydrogen) atoms. The average molecular weight is 990 g/mol. The van der Waals surface area contributed by atoms with Gasteiger partial charge in [-0.1, -0.05) is 261 Å². The summed E-state index contributed by atoms with van der Waals surface area (Å²) in [5.74, 6) is -0.195. The average Bonchev–Trinajstić information content (AvgIpc) is 3.31. The fourth-order valence-electron chi connectivity index (χ4n) is 8.44. The van der Waals surface area contributed by atoms with Crippen LogP contribution in [0.2, 0.25) is 0 Å². The maximum Gasteiger partial charge on any atom is 0.268 e. The Labute approximate surface area is 428 Å². The first-order valence-electron chi connectivity index (χ1n) is 29.2. The lowest BCUT2D eigenvalue weighted by Gasteiger charge is -2.29. The van der Waals surface area contributed by atoms with E-state index in [4.69, 9.17) is 9.05 Å². The molecule has 8 nitrogen and oxygen atoms in total. The van der Waals surface area contributed by atoms with E-state index in [2.05, 4.69) is 67.8 Å². The summed E-state index contributed by atoms with van der Waals surface area (Å²) in [5.41, 5.74) is 0. The highest BCUT2D eigenvalue weighted by atomic mass is 31.2. The summed E-state index contributed by atoms with van der Waals surface area (Å²) in [6, 6.07) is -0.887. The van der Waals surface area contributed by atoms with Crippen LogP contribution in [0, 0.1) is 0 Å². The number of quaternary nitrogens is 1. The lowest BCUT2D eigenvalue weighted by molar-refractivity contribution is -0.870. The Morgan fingerprint density at radius 1 is 0.522 bits per heavy atom. The normalized spacial score (nSPS) is 14.4. The third-order valence-electron chi connectivity index (χ3n) is 13.0. The second-order valence-corrected chi connectivity index (χ2v) is 22.4. The van der Waals surface area contributed by atoms with Crippen LogP contribution in [0.25, 0.3) is 0 Å². The Balaban J connectivity index is 4.09. The molecule has 0 bridgehead atoms. The molecule has 0 saturated heterocycles. The van der Waals surface area contributed by atoms with Gasteiger partial charge in [-0.3, -0.25) is 9.36 Å². The number of rotatable bonds is 53. The zero-order valence-corrected chi connectivity index (χ0v) is 46.9. The smallest absolute Gasteiger partial charge is 0.268 e. The van der Waals surface area contributed by atoms with Crippen LogP contribution in [0.3, 0.4) is 0 Å². The molecule has 0 rings (SSSR count). The van der Waals surface area contributed by atoms with Crippen LogP contribution >= 0.6 is 7.82 Å². The Kier molecular flexibility index (Phi) is 49.8. The van der Waals surface area contributed by atoms with E-state index in [9.17, 15) is 19.4 Å². The van der Waals surface area contributed by atoms with E-state index >= 15 is 0 Å². The SMILES string of the molecule is CC/C=C\C/C=C\C/C=C\C/C=C\CCCCCCCCCCCCCCCCCCCCC(=O)NC(COP(=O)([O-])OCC[N+](C)(C)C)C(O)/C=C/CCCCCCCCCCCCCCCC. The summed E-state index contributed by atoms with van der Waals surface area (Å²) in [7, 11) is 1.27. The number of aliphatic hydroxyl groups excluding tert-OH is 1. The number of likely N-dealkylation sites (N-methyl/N-ethyl adjacent to an activating group) is 1. The number of carbonyl (C=O) groups excluding carboxylic acids is 1. The largest absolute Gasteiger partial charge is 0.756 e. The summed E-state index contributed by atoms with van der Waals surface area (Å²) < 4.78 is 23.3.